The van der Waals surface area contributed by atoms with Gasteiger partial charge in [-0.3, -0.25) is 4.79 Å². The first kappa shape index (κ1) is 19.4. The number of carboxylic acid groups (broad SMARTS) is 1. The third-order valence-electron chi connectivity index (χ3n) is 4.01. The van der Waals surface area contributed by atoms with Crippen LogP contribution < -0.4 is 0 Å². The minimum atomic E-state index is -0.913. The van der Waals surface area contributed by atoms with Crippen molar-refractivity contribution in [3.63, 3.8) is 0 Å². The molecule has 1 atom stereocenters. The number of allylic oxidation sites excluding steroid dienone is 3. The summed E-state index contributed by atoms with van der Waals surface area (Å²) in [5.41, 5.74) is 0.844. The summed E-state index contributed by atoms with van der Waals surface area (Å²) in [7, 11) is 0. The van der Waals surface area contributed by atoms with Crippen LogP contribution in [0.2, 0.25) is 0 Å². The fraction of sp³-hybridized carbons (Fsp3) is 0.368. The van der Waals surface area contributed by atoms with E-state index in [1.54, 1.807) is 25.2 Å². The Kier molecular flexibility index (Phi) is 7.96. The standard InChI is InChI=1S/C19H24BrNO2/c1-4-10-15(5-2)19(3,18(22)23)14-8-6-7-11-16-12-9-13-17(20)21-16/h4-5,9-10,12-13H,1-2,6-8,11,14H2,3H3,(H,22,23)/b15-10+. The maximum atomic E-state index is 11.7. The summed E-state index contributed by atoms with van der Waals surface area (Å²) in [6.45, 7) is 9.12. The van der Waals surface area contributed by atoms with Gasteiger partial charge in [0, 0.05) is 5.69 Å². The molecule has 1 unspecified atom stereocenters. The van der Waals surface area contributed by atoms with Gasteiger partial charge < -0.3 is 5.11 Å². The minimum absolute atomic E-state index is 0.583. The van der Waals surface area contributed by atoms with Crippen LogP contribution in [0.4, 0.5) is 0 Å². The number of aliphatic carboxylic acids is 1. The van der Waals surface area contributed by atoms with Crippen LogP contribution in [0.25, 0.3) is 0 Å². The quantitative estimate of drug-likeness (QED) is 0.340. The van der Waals surface area contributed by atoms with Crippen LogP contribution in [0.5, 0.6) is 0 Å². The number of hydrogen-bond acceptors (Lipinski definition) is 2. The van der Waals surface area contributed by atoms with E-state index in [0.717, 1.165) is 36.0 Å². The van der Waals surface area contributed by atoms with E-state index in [4.69, 9.17) is 0 Å². The molecule has 0 radical (unpaired) electrons. The summed E-state index contributed by atoms with van der Waals surface area (Å²) >= 11 is 3.37. The lowest BCUT2D eigenvalue weighted by atomic mass is 9.77. The van der Waals surface area contributed by atoms with Gasteiger partial charge in [-0.1, -0.05) is 50.3 Å². The Morgan fingerprint density at radius 1 is 1.35 bits per heavy atom. The Morgan fingerprint density at radius 3 is 2.65 bits per heavy atom. The van der Waals surface area contributed by atoms with E-state index in [-0.39, 0.29) is 0 Å². The molecule has 0 aliphatic carbocycles. The van der Waals surface area contributed by atoms with E-state index >= 15 is 0 Å². The van der Waals surface area contributed by atoms with Gasteiger partial charge in [-0.15, -0.1) is 0 Å². The molecule has 1 rings (SSSR count). The second-order valence-corrected chi connectivity index (χ2v) is 6.52. The molecule has 23 heavy (non-hydrogen) atoms. The molecule has 1 aromatic heterocycles. The van der Waals surface area contributed by atoms with Crippen LogP contribution in [-0.2, 0) is 11.2 Å². The van der Waals surface area contributed by atoms with E-state index in [9.17, 15) is 9.90 Å². The average Bonchev–Trinajstić information content (AvgIpc) is 2.51. The largest absolute Gasteiger partial charge is 0.481 e. The van der Waals surface area contributed by atoms with Gasteiger partial charge in [0.2, 0.25) is 0 Å². The van der Waals surface area contributed by atoms with Crippen molar-refractivity contribution in [3.05, 3.63) is 65.5 Å². The Balaban J connectivity index is 2.53. The number of halogens is 1. The van der Waals surface area contributed by atoms with Crippen molar-refractivity contribution in [2.45, 2.75) is 39.0 Å². The van der Waals surface area contributed by atoms with Crippen molar-refractivity contribution < 1.29 is 9.90 Å². The predicted octanol–water partition coefficient (Wildman–Crippen LogP) is 5.34. The molecule has 124 valence electrons. The molecule has 4 heteroatoms. The zero-order valence-corrected chi connectivity index (χ0v) is 15.2. The van der Waals surface area contributed by atoms with E-state index < -0.39 is 11.4 Å². The highest BCUT2D eigenvalue weighted by atomic mass is 79.9. The van der Waals surface area contributed by atoms with Crippen LogP contribution in [0.1, 0.15) is 38.3 Å². The average molecular weight is 378 g/mol. The van der Waals surface area contributed by atoms with Gasteiger partial charge in [0.25, 0.3) is 0 Å². The first-order chi connectivity index (χ1) is 10.9. The summed E-state index contributed by atoms with van der Waals surface area (Å²) in [5.74, 6) is -0.820. The van der Waals surface area contributed by atoms with Crippen molar-refractivity contribution in [2.24, 2.45) is 5.41 Å². The molecule has 1 N–H and O–H groups in total. The maximum absolute atomic E-state index is 11.7. The topological polar surface area (TPSA) is 50.2 Å². The van der Waals surface area contributed by atoms with Crippen LogP contribution >= 0.6 is 15.9 Å². The molecule has 0 saturated carbocycles. The number of pyridine rings is 1. The van der Waals surface area contributed by atoms with Gasteiger partial charge in [-0.25, -0.2) is 4.98 Å². The van der Waals surface area contributed by atoms with Crippen LogP contribution in [-0.4, -0.2) is 16.1 Å². The fourth-order valence-electron chi connectivity index (χ4n) is 2.53. The molecule has 0 bridgehead atoms. The zero-order chi connectivity index (χ0) is 17.3. The number of carboxylic acids is 1. The van der Waals surface area contributed by atoms with Crippen molar-refractivity contribution in [3.8, 4) is 0 Å². The van der Waals surface area contributed by atoms with Gasteiger partial charge >= 0.3 is 5.97 Å². The van der Waals surface area contributed by atoms with Gasteiger partial charge in [0.05, 0.1) is 5.41 Å². The van der Waals surface area contributed by atoms with Crippen molar-refractivity contribution in [2.75, 3.05) is 0 Å². The number of rotatable bonds is 10. The van der Waals surface area contributed by atoms with Crippen molar-refractivity contribution in [1.82, 2.24) is 4.98 Å². The van der Waals surface area contributed by atoms with E-state index in [0.29, 0.717) is 12.0 Å². The van der Waals surface area contributed by atoms with E-state index in [1.165, 1.54) is 0 Å². The predicted molar refractivity (Wildman–Crippen MR) is 98.3 cm³/mol. The van der Waals surface area contributed by atoms with Crippen molar-refractivity contribution >= 4 is 21.9 Å². The third kappa shape index (κ3) is 5.79. The lowest BCUT2D eigenvalue weighted by Gasteiger charge is -2.26. The first-order valence-corrected chi connectivity index (χ1v) is 8.54. The molecule has 0 amide bonds. The Labute approximate surface area is 147 Å². The molecular weight excluding hydrogens is 354 g/mol. The summed E-state index contributed by atoms with van der Waals surface area (Å²) in [4.78, 5) is 16.1. The number of aryl methyl sites for hydroxylation is 1. The summed E-state index contributed by atoms with van der Waals surface area (Å²) < 4.78 is 0.846. The van der Waals surface area contributed by atoms with Gasteiger partial charge in [-0.2, -0.15) is 0 Å². The van der Waals surface area contributed by atoms with Gasteiger partial charge in [-0.05, 0) is 59.8 Å². The van der Waals surface area contributed by atoms with Gasteiger partial charge in [0.15, 0.2) is 0 Å². The maximum Gasteiger partial charge on any atom is 0.313 e. The second kappa shape index (κ2) is 9.46. The monoisotopic (exact) mass is 377 g/mol. The van der Waals surface area contributed by atoms with Gasteiger partial charge in [0.1, 0.15) is 4.60 Å². The zero-order valence-electron chi connectivity index (χ0n) is 13.6. The van der Waals surface area contributed by atoms with E-state index in [2.05, 4.69) is 34.1 Å². The number of unbranched alkanes of at least 4 members (excludes halogenated alkanes) is 2. The molecule has 1 aromatic rings. The fourth-order valence-corrected chi connectivity index (χ4v) is 2.91. The summed E-state index contributed by atoms with van der Waals surface area (Å²) in [5, 5.41) is 9.59. The highest BCUT2D eigenvalue weighted by Crippen LogP contribution is 2.34. The molecule has 1 heterocycles. The Hall–Kier alpha value is -1.68. The van der Waals surface area contributed by atoms with E-state index in [1.807, 2.05) is 18.2 Å². The molecule has 3 nitrogen and oxygen atoms in total. The molecule has 0 aliphatic rings. The summed E-state index contributed by atoms with van der Waals surface area (Å²) in [6, 6.07) is 5.89. The second-order valence-electron chi connectivity index (χ2n) is 5.71. The summed E-state index contributed by atoms with van der Waals surface area (Å²) in [6.07, 6.45) is 9.24. The molecule has 0 spiro atoms. The lowest BCUT2D eigenvalue weighted by molar-refractivity contribution is -0.145. The van der Waals surface area contributed by atoms with Crippen LogP contribution in [0, 0.1) is 5.41 Å². The number of nitrogens with zero attached hydrogens (tertiary/aromatic N) is 1. The molecule has 0 saturated heterocycles. The van der Waals surface area contributed by atoms with Crippen LogP contribution in [0.3, 0.4) is 0 Å². The Bertz CT molecular complexity index is 595. The number of aromatic nitrogens is 1. The highest BCUT2D eigenvalue weighted by Gasteiger charge is 2.34. The SMILES string of the molecule is C=C/C=C(\C=C)C(C)(CCCCCc1cccc(Br)n1)C(=O)O. The smallest absolute Gasteiger partial charge is 0.313 e. The molecule has 0 aliphatic heterocycles. The first-order valence-electron chi connectivity index (χ1n) is 7.74. The number of hydrogen-bond donors (Lipinski definition) is 1. The molecule has 0 aromatic carbocycles. The van der Waals surface area contributed by atoms with Crippen molar-refractivity contribution in [1.29, 1.82) is 0 Å². The number of carbonyl (C=O) groups is 1. The normalized spacial score (nSPS) is 14.1. The minimum Gasteiger partial charge on any atom is -0.481 e. The molecule has 0 fully saturated rings. The lowest BCUT2D eigenvalue weighted by Crippen LogP contribution is -2.29. The highest BCUT2D eigenvalue weighted by molar-refractivity contribution is 9.10. The van der Waals surface area contributed by atoms with Crippen LogP contribution in [0.15, 0.2) is 59.8 Å². The molecular formula is C19H24BrNO2. The Morgan fingerprint density at radius 2 is 2.09 bits per heavy atom. The third-order valence-corrected chi connectivity index (χ3v) is 4.45.